The van der Waals surface area contributed by atoms with Gasteiger partial charge in [0.1, 0.15) is 17.1 Å². The molecular formula is C15H12F3N3O5. The normalized spacial score (nSPS) is 19.2. The predicted molar refractivity (Wildman–Crippen MR) is 82.0 cm³/mol. The Balaban J connectivity index is 2.24. The molecule has 1 amide bonds. The van der Waals surface area contributed by atoms with Crippen LogP contribution in [0, 0.1) is 0 Å². The molecule has 0 fully saturated rings. The Bertz CT molecular complexity index is 1010. The zero-order chi connectivity index (χ0) is 19.3. The molecule has 0 radical (unpaired) electrons. The van der Waals surface area contributed by atoms with Gasteiger partial charge in [0.25, 0.3) is 17.1 Å². The summed E-state index contributed by atoms with van der Waals surface area (Å²) in [5.41, 5.74) is -7.47. The number of nitrogens with one attached hydrogen (secondary N) is 2. The fourth-order valence-electron chi connectivity index (χ4n) is 2.77. The van der Waals surface area contributed by atoms with Gasteiger partial charge in [-0.1, -0.05) is 18.2 Å². The SMILES string of the molecule is COc1ccccc1Cn1c2c(c(=O)[nH]c1=O)[C@@](O)(C(F)(F)F)C(=O)N2. The van der Waals surface area contributed by atoms with Gasteiger partial charge < -0.3 is 15.2 Å². The zero-order valence-electron chi connectivity index (χ0n) is 13.2. The van der Waals surface area contributed by atoms with Crippen molar-refractivity contribution in [2.75, 3.05) is 12.4 Å². The van der Waals surface area contributed by atoms with Crippen molar-refractivity contribution in [1.82, 2.24) is 9.55 Å². The van der Waals surface area contributed by atoms with E-state index < -0.39 is 40.3 Å². The maximum atomic E-state index is 13.3. The number of ether oxygens (including phenoxy) is 1. The molecular weight excluding hydrogens is 359 g/mol. The first kappa shape index (κ1) is 17.7. The van der Waals surface area contributed by atoms with Gasteiger partial charge in [-0.3, -0.25) is 19.1 Å². The summed E-state index contributed by atoms with van der Waals surface area (Å²) in [5, 5.41) is 11.7. The molecule has 0 aliphatic carbocycles. The van der Waals surface area contributed by atoms with Gasteiger partial charge in [0, 0.05) is 5.56 Å². The van der Waals surface area contributed by atoms with Gasteiger partial charge in [-0.15, -0.1) is 0 Å². The lowest BCUT2D eigenvalue weighted by Gasteiger charge is -2.22. The fraction of sp³-hybridized carbons (Fsp3) is 0.267. The van der Waals surface area contributed by atoms with Crippen molar-refractivity contribution in [2.24, 2.45) is 0 Å². The van der Waals surface area contributed by atoms with Crippen LogP contribution in [0.1, 0.15) is 11.1 Å². The molecule has 8 nitrogen and oxygen atoms in total. The fourth-order valence-corrected chi connectivity index (χ4v) is 2.77. The van der Waals surface area contributed by atoms with Gasteiger partial charge in [0.05, 0.1) is 13.7 Å². The number of benzene rings is 1. The molecule has 1 aliphatic rings. The van der Waals surface area contributed by atoms with E-state index in [0.717, 1.165) is 4.57 Å². The van der Waals surface area contributed by atoms with E-state index in [9.17, 15) is 32.7 Å². The number of anilines is 1. The number of fused-ring (bicyclic) bond motifs is 1. The molecule has 1 aromatic carbocycles. The lowest BCUT2D eigenvalue weighted by Crippen LogP contribution is -2.50. The number of amides is 1. The molecule has 0 unspecified atom stereocenters. The number of rotatable bonds is 3. The van der Waals surface area contributed by atoms with E-state index in [1.165, 1.54) is 7.11 Å². The third-order valence-corrected chi connectivity index (χ3v) is 4.05. The van der Waals surface area contributed by atoms with Crippen molar-refractivity contribution in [3.63, 3.8) is 0 Å². The van der Waals surface area contributed by atoms with Crippen LogP contribution < -0.4 is 21.3 Å². The molecule has 26 heavy (non-hydrogen) atoms. The summed E-state index contributed by atoms with van der Waals surface area (Å²) in [5.74, 6) is -2.23. The standard InChI is InChI=1S/C15H12F3N3O5/c1-26-8-5-3-2-4-7(8)6-21-10-9(11(22)20-13(21)24)14(25,12(23)19-10)15(16,17)18/h2-5,25H,6H2,1H3,(H,19,23)(H,20,22,24)/t14-/m0/s1. The van der Waals surface area contributed by atoms with Gasteiger partial charge in [-0.05, 0) is 6.07 Å². The first-order valence-electron chi connectivity index (χ1n) is 7.21. The van der Waals surface area contributed by atoms with E-state index in [1.807, 2.05) is 0 Å². The number of hydrogen-bond donors (Lipinski definition) is 3. The molecule has 1 atom stereocenters. The van der Waals surface area contributed by atoms with Crippen LogP contribution in [0.5, 0.6) is 5.75 Å². The van der Waals surface area contributed by atoms with Crippen molar-refractivity contribution >= 4 is 11.7 Å². The molecule has 3 rings (SSSR count). The zero-order valence-corrected chi connectivity index (χ0v) is 13.2. The molecule has 11 heteroatoms. The minimum Gasteiger partial charge on any atom is -0.496 e. The molecule has 0 saturated heterocycles. The van der Waals surface area contributed by atoms with Gasteiger partial charge >= 0.3 is 11.9 Å². The second kappa shape index (κ2) is 5.73. The summed E-state index contributed by atoms with van der Waals surface area (Å²) in [6, 6.07) is 6.37. The number of aromatic nitrogens is 2. The summed E-state index contributed by atoms with van der Waals surface area (Å²) in [6.07, 6.45) is -5.46. The number of methoxy groups -OCH3 is 1. The third-order valence-electron chi connectivity index (χ3n) is 4.05. The number of aromatic amines is 1. The Labute approximate surface area is 142 Å². The first-order valence-corrected chi connectivity index (χ1v) is 7.21. The van der Waals surface area contributed by atoms with E-state index in [2.05, 4.69) is 0 Å². The highest BCUT2D eigenvalue weighted by atomic mass is 19.4. The monoisotopic (exact) mass is 371 g/mol. The minimum absolute atomic E-state index is 0.309. The third kappa shape index (κ3) is 2.39. The number of halogens is 3. The number of carbonyl (C=O) groups is 1. The van der Waals surface area contributed by atoms with Crippen molar-refractivity contribution in [2.45, 2.75) is 18.3 Å². The Kier molecular flexibility index (Phi) is 3.91. The number of hydrogen-bond acceptors (Lipinski definition) is 5. The molecule has 1 aliphatic heterocycles. The van der Waals surface area contributed by atoms with Crippen LogP contribution in [0.25, 0.3) is 0 Å². The number of alkyl halides is 3. The quantitative estimate of drug-likeness (QED) is 0.718. The van der Waals surface area contributed by atoms with Crippen LogP contribution in [-0.4, -0.2) is 33.9 Å². The van der Waals surface area contributed by atoms with Crippen LogP contribution in [-0.2, 0) is 16.9 Å². The van der Waals surface area contributed by atoms with Crippen LogP contribution in [0.15, 0.2) is 33.9 Å². The van der Waals surface area contributed by atoms with Crippen LogP contribution in [0.2, 0.25) is 0 Å². The summed E-state index contributed by atoms with van der Waals surface area (Å²) in [7, 11) is 1.36. The Morgan fingerprint density at radius 2 is 1.88 bits per heavy atom. The van der Waals surface area contributed by atoms with E-state index in [0.29, 0.717) is 11.3 Å². The summed E-state index contributed by atoms with van der Waals surface area (Å²) in [6.45, 7) is -0.309. The average Bonchev–Trinajstić information content (AvgIpc) is 2.84. The molecule has 138 valence electrons. The molecule has 1 aromatic heterocycles. The minimum atomic E-state index is -5.46. The van der Waals surface area contributed by atoms with Crippen molar-refractivity contribution in [1.29, 1.82) is 0 Å². The molecule has 0 spiro atoms. The number of aliphatic hydroxyl groups is 1. The summed E-state index contributed by atoms with van der Waals surface area (Å²) >= 11 is 0. The largest absolute Gasteiger partial charge is 0.496 e. The number of para-hydroxylation sites is 1. The molecule has 3 N–H and O–H groups in total. The summed E-state index contributed by atoms with van der Waals surface area (Å²) < 4.78 is 45.6. The lowest BCUT2D eigenvalue weighted by molar-refractivity contribution is -0.252. The lowest BCUT2D eigenvalue weighted by atomic mass is 9.97. The molecule has 2 aromatic rings. The maximum absolute atomic E-state index is 13.3. The number of nitrogens with zero attached hydrogens (tertiary/aromatic N) is 1. The van der Waals surface area contributed by atoms with Crippen molar-refractivity contribution < 1.29 is 27.8 Å². The van der Waals surface area contributed by atoms with E-state index in [4.69, 9.17) is 4.74 Å². The highest BCUT2D eigenvalue weighted by Gasteiger charge is 2.66. The highest BCUT2D eigenvalue weighted by Crippen LogP contribution is 2.44. The van der Waals surface area contributed by atoms with E-state index in [-0.39, 0.29) is 6.54 Å². The molecule has 2 heterocycles. The van der Waals surface area contributed by atoms with Crippen LogP contribution >= 0.6 is 0 Å². The van der Waals surface area contributed by atoms with Crippen LogP contribution in [0.3, 0.4) is 0 Å². The molecule has 0 saturated carbocycles. The van der Waals surface area contributed by atoms with Gasteiger partial charge in [0.15, 0.2) is 0 Å². The number of H-pyrrole nitrogens is 1. The smallest absolute Gasteiger partial charge is 0.431 e. The van der Waals surface area contributed by atoms with Crippen molar-refractivity contribution in [3.05, 3.63) is 56.2 Å². The highest BCUT2D eigenvalue weighted by molar-refractivity contribution is 6.04. The topological polar surface area (TPSA) is 113 Å². The molecule has 0 bridgehead atoms. The van der Waals surface area contributed by atoms with Crippen molar-refractivity contribution in [3.8, 4) is 5.75 Å². The van der Waals surface area contributed by atoms with Gasteiger partial charge in [0.2, 0.25) is 0 Å². The average molecular weight is 371 g/mol. The summed E-state index contributed by atoms with van der Waals surface area (Å²) in [4.78, 5) is 37.6. The Morgan fingerprint density at radius 1 is 1.23 bits per heavy atom. The van der Waals surface area contributed by atoms with E-state index >= 15 is 0 Å². The maximum Gasteiger partial charge on any atom is 0.431 e. The van der Waals surface area contributed by atoms with E-state index in [1.54, 1.807) is 34.6 Å². The Hall–Kier alpha value is -3.08. The van der Waals surface area contributed by atoms with Crippen LogP contribution in [0.4, 0.5) is 19.0 Å². The number of carbonyl (C=O) groups excluding carboxylic acids is 1. The second-order valence-corrected chi connectivity index (χ2v) is 5.54. The van der Waals surface area contributed by atoms with Gasteiger partial charge in [-0.2, -0.15) is 13.2 Å². The Morgan fingerprint density at radius 3 is 2.50 bits per heavy atom. The van der Waals surface area contributed by atoms with Gasteiger partial charge in [-0.25, -0.2) is 4.79 Å². The predicted octanol–water partition coefficient (Wildman–Crippen LogP) is 0.295. The second-order valence-electron chi connectivity index (χ2n) is 5.54. The first-order chi connectivity index (χ1) is 12.1.